The monoisotopic (exact) mass is 248 g/mol. The zero-order valence-corrected chi connectivity index (χ0v) is 9.93. The van der Waals surface area contributed by atoms with E-state index < -0.39 is 5.82 Å². The molecule has 2 N–H and O–H groups in total. The standard InChI is InChI=1S/C12H13FN4O/c1-18-11-9(4-7(13)5-10(11)14)12-15-6-17(16-12)8-2-3-8/h4-6,8H,2-3,14H2,1H3. The fourth-order valence-corrected chi connectivity index (χ4v) is 1.92. The highest BCUT2D eigenvalue weighted by Gasteiger charge is 2.25. The van der Waals surface area contributed by atoms with E-state index in [4.69, 9.17) is 10.5 Å². The van der Waals surface area contributed by atoms with Crippen LogP contribution in [0.15, 0.2) is 18.5 Å². The molecule has 0 unspecified atom stereocenters. The van der Waals surface area contributed by atoms with Gasteiger partial charge in [0.15, 0.2) is 11.6 Å². The first-order valence-corrected chi connectivity index (χ1v) is 5.73. The number of aromatic nitrogens is 3. The Labute approximate surface area is 103 Å². The topological polar surface area (TPSA) is 66.0 Å². The second-order valence-electron chi connectivity index (χ2n) is 4.36. The quantitative estimate of drug-likeness (QED) is 0.844. The highest BCUT2D eigenvalue weighted by molar-refractivity contribution is 5.73. The molecular formula is C12H13FN4O. The normalized spacial score (nSPS) is 14.8. The average molecular weight is 248 g/mol. The number of rotatable bonds is 3. The number of nitrogen functional groups attached to an aromatic ring is 1. The van der Waals surface area contributed by atoms with Crippen LogP contribution in [-0.2, 0) is 0 Å². The van der Waals surface area contributed by atoms with Crippen LogP contribution in [-0.4, -0.2) is 21.9 Å². The Bertz CT molecular complexity index is 592. The summed E-state index contributed by atoms with van der Waals surface area (Å²) in [6.07, 6.45) is 3.89. The van der Waals surface area contributed by atoms with Gasteiger partial charge in [0.25, 0.3) is 0 Å². The Hall–Kier alpha value is -2.11. The van der Waals surface area contributed by atoms with Crippen molar-refractivity contribution in [3.8, 4) is 17.1 Å². The van der Waals surface area contributed by atoms with Gasteiger partial charge in [0.2, 0.25) is 0 Å². The van der Waals surface area contributed by atoms with Crippen LogP contribution < -0.4 is 10.5 Å². The number of methoxy groups -OCH3 is 1. The summed E-state index contributed by atoms with van der Waals surface area (Å²) in [4.78, 5) is 4.19. The molecule has 3 rings (SSSR count). The molecule has 18 heavy (non-hydrogen) atoms. The van der Waals surface area contributed by atoms with Gasteiger partial charge in [-0.1, -0.05) is 0 Å². The first-order valence-electron chi connectivity index (χ1n) is 5.73. The van der Waals surface area contributed by atoms with Gasteiger partial charge >= 0.3 is 0 Å². The zero-order valence-electron chi connectivity index (χ0n) is 9.93. The van der Waals surface area contributed by atoms with E-state index in [0.29, 0.717) is 23.2 Å². The Kier molecular flexibility index (Phi) is 2.43. The van der Waals surface area contributed by atoms with E-state index in [-0.39, 0.29) is 5.69 Å². The van der Waals surface area contributed by atoms with E-state index in [9.17, 15) is 4.39 Å². The minimum atomic E-state index is -0.425. The van der Waals surface area contributed by atoms with E-state index in [1.165, 1.54) is 19.2 Å². The number of benzene rings is 1. The minimum absolute atomic E-state index is 0.246. The van der Waals surface area contributed by atoms with Gasteiger partial charge in [-0.15, -0.1) is 0 Å². The molecule has 0 amide bonds. The van der Waals surface area contributed by atoms with Gasteiger partial charge in [-0.3, -0.25) is 0 Å². The number of anilines is 1. The smallest absolute Gasteiger partial charge is 0.185 e. The lowest BCUT2D eigenvalue weighted by Gasteiger charge is -2.08. The van der Waals surface area contributed by atoms with Crippen LogP contribution in [0, 0.1) is 5.82 Å². The molecule has 1 fully saturated rings. The van der Waals surface area contributed by atoms with Gasteiger partial charge in [-0.25, -0.2) is 14.1 Å². The fraction of sp³-hybridized carbons (Fsp3) is 0.333. The third kappa shape index (κ3) is 1.79. The maximum absolute atomic E-state index is 13.4. The lowest BCUT2D eigenvalue weighted by Crippen LogP contribution is -1.98. The molecule has 0 spiro atoms. The molecule has 1 aliphatic rings. The Balaban J connectivity index is 2.08. The SMILES string of the molecule is COc1c(N)cc(F)cc1-c1ncn(C2CC2)n1. The van der Waals surface area contributed by atoms with Crippen molar-refractivity contribution in [2.24, 2.45) is 0 Å². The van der Waals surface area contributed by atoms with Crippen molar-refractivity contribution in [2.45, 2.75) is 18.9 Å². The predicted octanol–water partition coefficient (Wildman–Crippen LogP) is 2.01. The summed E-state index contributed by atoms with van der Waals surface area (Å²) >= 11 is 0. The summed E-state index contributed by atoms with van der Waals surface area (Å²) < 4.78 is 20.4. The molecule has 94 valence electrons. The first kappa shape index (κ1) is 11.0. The van der Waals surface area contributed by atoms with Gasteiger partial charge in [0.1, 0.15) is 12.1 Å². The molecule has 5 nitrogen and oxygen atoms in total. The van der Waals surface area contributed by atoms with E-state index in [1.807, 2.05) is 0 Å². The van der Waals surface area contributed by atoms with Crippen molar-refractivity contribution >= 4 is 5.69 Å². The van der Waals surface area contributed by atoms with Crippen LogP contribution in [0.4, 0.5) is 10.1 Å². The van der Waals surface area contributed by atoms with Crippen LogP contribution in [0.3, 0.4) is 0 Å². The average Bonchev–Trinajstić information content (AvgIpc) is 3.06. The van der Waals surface area contributed by atoms with E-state index in [1.54, 1.807) is 11.0 Å². The number of hydrogen-bond donors (Lipinski definition) is 1. The molecular weight excluding hydrogens is 235 g/mol. The highest BCUT2D eigenvalue weighted by Crippen LogP contribution is 2.37. The summed E-state index contributed by atoms with van der Waals surface area (Å²) in [6.45, 7) is 0. The van der Waals surface area contributed by atoms with Crippen LogP contribution in [0.2, 0.25) is 0 Å². The largest absolute Gasteiger partial charge is 0.494 e. The number of hydrogen-bond acceptors (Lipinski definition) is 4. The Morgan fingerprint density at radius 2 is 2.22 bits per heavy atom. The minimum Gasteiger partial charge on any atom is -0.494 e. The summed E-state index contributed by atoms with van der Waals surface area (Å²) in [5.74, 6) is 0.418. The maximum Gasteiger partial charge on any atom is 0.185 e. The summed E-state index contributed by atoms with van der Waals surface area (Å²) in [5.41, 5.74) is 6.45. The third-order valence-electron chi connectivity index (χ3n) is 2.96. The number of ether oxygens (including phenoxy) is 1. The molecule has 6 heteroatoms. The Morgan fingerprint density at radius 1 is 1.44 bits per heavy atom. The van der Waals surface area contributed by atoms with Gasteiger partial charge in [0, 0.05) is 6.07 Å². The van der Waals surface area contributed by atoms with E-state index in [2.05, 4.69) is 10.1 Å². The zero-order chi connectivity index (χ0) is 12.7. The van der Waals surface area contributed by atoms with E-state index in [0.717, 1.165) is 12.8 Å². The third-order valence-corrected chi connectivity index (χ3v) is 2.96. The molecule has 1 heterocycles. The summed E-state index contributed by atoms with van der Waals surface area (Å²) in [5, 5.41) is 4.34. The van der Waals surface area contributed by atoms with Gasteiger partial charge in [0.05, 0.1) is 24.4 Å². The van der Waals surface area contributed by atoms with E-state index >= 15 is 0 Å². The fourth-order valence-electron chi connectivity index (χ4n) is 1.92. The molecule has 0 atom stereocenters. The van der Waals surface area contributed by atoms with Crippen molar-refractivity contribution < 1.29 is 9.13 Å². The lowest BCUT2D eigenvalue weighted by molar-refractivity contribution is 0.417. The van der Waals surface area contributed by atoms with Crippen molar-refractivity contribution in [1.82, 2.24) is 14.8 Å². The van der Waals surface area contributed by atoms with Crippen LogP contribution in [0.5, 0.6) is 5.75 Å². The lowest BCUT2D eigenvalue weighted by atomic mass is 10.1. The second kappa shape index (κ2) is 3.97. The molecule has 1 aliphatic carbocycles. The summed E-state index contributed by atoms with van der Waals surface area (Å²) in [7, 11) is 1.49. The van der Waals surface area contributed by atoms with Crippen molar-refractivity contribution in [1.29, 1.82) is 0 Å². The summed E-state index contributed by atoms with van der Waals surface area (Å²) in [6, 6.07) is 2.99. The van der Waals surface area contributed by atoms with Crippen molar-refractivity contribution in [3.05, 3.63) is 24.3 Å². The van der Waals surface area contributed by atoms with Crippen LogP contribution in [0.1, 0.15) is 18.9 Å². The van der Waals surface area contributed by atoms with Gasteiger partial charge < -0.3 is 10.5 Å². The van der Waals surface area contributed by atoms with Crippen LogP contribution in [0.25, 0.3) is 11.4 Å². The Morgan fingerprint density at radius 3 is 2.89 bits per heavy atom. The first-order chi connectivity index (χ1) is 8.69. The van der Waals surface area contributed by atoms with Crippen molar-refractivity contribution in [2.75, 3.05) is 12.8 Å². The molecule has 0 bridgehead atoms. The number of halogens is 1. The molecule has 1 aromatic heterocycles. The van der Waals surface area contributed by atoms with Crippen molar-refractivity contribution in [3.63, 3.8) is 0 Å². The molecule has 0 radical (unpaired) electrons. The van der Waals surface area contributed by atoms with Gasteiger partial charge in [-0.05, 0) is 18.9 Å². The van der Waals surface area contributed by atoms with Crippen LogP contribution >= 0.6 is 0 Å². The highest BCUT2D eigenvalue weighted by atomic mass is 19.1. The number of nitrogens with zero attached hydrogens (tertiary/aromatic N) is 3. The molecule has 1 saturated carbocycles. The number of nitrogens with two attached hydrogens (primary N) is 1. The van der Waals surface area contributed by atoms with Gasteiger partial charge in [-0.2, -0.15) is 5.10 Å². The molecule has 0 saturated heterocycles. The second-order valence-corrected chi connectivity index (χ2v) is 4.36. The molecule has 0 aliphatic heterocycles. The molecule has 2 aromatic rings. The predicted molar refractivity (Wildman–Crippen MR) is 64.7 cm³/mol. The maximum atomic E-state index is 13.4. The molecule has 1 aromatic carbocycles.